The molecule has 9 heteroatoms. The molecular formula is C26H23N7O2. The van der Waals surface area contributed by atoms with Gasteiger partial charge in [-0.1, -0.05) is 42.5 Å². The molecule has 0 atom stereocenters. The van der Waals surface area contributed by atoms with Crippen LogP contribution in [0.2, 0.25) is 0 Å². The molecule has 0 unspecified atom stereocenters. The molecule has 5 aromatic rings. The molecule has 5 rings (SSSR count). The number of fused-ring (bicyclic) bond motifs is 1. The third-order valence-corrected chi connectivity index (χ3v) is 5.88. The Morgan fingerprint density at radius 3 is 2.31 bits per heavy atom. The Kier molecular flexibility index (Phi) is 5.80. The zero-order valence-electron chi connectivity index (χ0n) is 19.2. The maximum atomic E-state index is 12.5. The summed E-state index contributed by atoms with van der Waals surface area (Å²) in [5.41, 5.74) is 10.8. The quantitative estimate of drug-likeness (QED) is 0.343. The van der Waals surface area contributed by atoms with Crippen molar-refractivity contribution in [2.24, 2.45) is 0 Å². The molecule has 0 saturated carbocycles. The zero-order chi connectivity index (χ0) is 24.4. The molecule has 0 radical (unpaired) electrons. The van der Waals surface area contributed by atoms with Crippen molar-refractivity contribution in [2.45, 2.75) is 20.4 Å². The number of H-pyrrole nitrogens is 1. The van der Waals surface area contributed by atoms with Gasteiger partial charge in [-0.2, -0.15) is 4.80 Å². The number of aromatic amines is 1. The number of hydrazine groups is 1. The smallest absolute Gasteiger partial charge is 0.269 e. The van der Waals surface area contributed by atoms with Gasteiger partial charge in [-0.25, -0.2) is 0 Å². The van der Waals surface area contributed by atoms with Crippen LogP contribution in [0.5, 0.6) is 0 Å². The Morgan fingerprint density at radius 2 is 1.57 bits per heavy atom. The third kappa shape index (κ3) is 4.65. The lowest BCUT2D eigenvalue weighted by Gasteiger charge is -2.08. The predicted octanol–water partition coefficient (Wildman–Crippen LogP) is 3.56. The van der Waals surface area contributed by atoms with E-state index in [0.717, 1.165) is 33.3 Å². The molecule has 3 N–H and O–H groups in total. The van der Waals surface area contributed by atoms with Crippen molar-refractivity contribution in [1.29, 1.82) is 0 Å². The fourth-order valence-electron chi connectivity index (χ4n) is 3.80. The van der Waals surface area contributed by atoms with Crippen molar-refractivity contribution in [3.63, 3.8) is 0 Å². The maximum Gasteiger partial charge on any atom is 0.269 e. The van der Waals surface area contributed by atoms with Gasteiger partial charge in [0.05, 0.1) is 6.54 Å². The minimum atomic E-state index is -0.412. The number of aromatic nitrogens is 5. The Hall–Kier alpha value is -4.79. The number of carbonyl (C=O) groups excluding carboxylic acids is 2. The summed E-state index contributed by atoms with van der Waals surface area (Å²) in [4.78, 5) is 29.8. The van der Waals surface area contributed by atoms with Crippen LogP contribution in [-0.2, 0) is 6.54 Å². The SMILES string of the molecule is Cc1[nH]c2ccc(C(=O)NNC(=O)c3ccc(Cn4nnc(-c5ccccc5)n4)cc3)cc2c1C. The summed E-state index contributed by atoms with van der Waals surface area (Å²) in [5, 5.41) is 13.6. The molecule has 174 valence electrons. The molecule has 0 fully saturated rings. The second-order valence-corrected chi connectivity index (χ2v) is 8.25. The van der Waals surface area contributed by atoms with E-state index < -0.39 is 5.91 Å². The van der Waals surface area contributed by atoms with Crippen molar-refractivity contribution in [3.8, 4) is 11.4 Å². The summed E-state index contributed by atoms with van der Waals surface area (Å²) in [6.07, 6.45) is 0. The van der Waals surface area contributed by atoms with Gasteiger partial charge in [0.1, 0.15) is 0 Å². The summed E-state index contributed by atoms with van der Waals surface area (Å²) in [7, 11) is 0. The maximum absolute atomic E-state index is 12.5. The number of amides is 2. The highest BCUT2D eigenvalue weighted by Gasteiger charge is 2.12. The first-order chi connectivity index (χ1) is 17.0. The zero-order valence-corrected chi connectivity index (χ0v) is 19.2. The molecule has 0 bridgehead atoms. The largest absolute Gasteiger partial charge is 0.358 e. The van der Waals surface area contributed by atoms with Crippen LogP contribution in [0.15, 0.2) is 72.8 Å². The molecule has 0 aliphatic heterocycles. The van der Waals surface area contributed by atoms with E-state index in [1.807, 2.05) is 68.4 Å². The molecule has 35 heavy (non-hydrogen) atoms. The average molecular weight is 466 g/mol. The Balaban J connectivity index is 1.19. The Bertz CT molecular complexity index is 1520. The van der Waals surface area contributed by atoms with Gasteiger partial charge in [-0.3, -0.25) is 20.4 Å². The molecule has 0 aliphatic carbocycles. The van der Waals surface area contributed by atoms with Crippen molar-refractivity contribution in [1.82, 2.24) is 36.0 Å². The van der Waals surface area contributed by atoms with Crippen molar-refractivity contribution in [2.75, 3.05) is 0 Å². The van der Waals surface area contributed by atoms with Gasteiger partial charge in [0.25, 0.3) is 11.8 Å². The third-order valence-electron chi connectivity index (χ3n) is 5.88. The van der Waals surface area contributed by atoms with E-state index >= 15 is 0 Å². The summed E-state index contributed by atoms with van der Waals surface area (Å²) in [6, 6.07) is 22.0. The van der Waals surface area contributed by atoms with Gasteiger partial charge in [0, 0.05) is 33.3 Å². The molecule has 0 saturated heterocycles. The molecule has 2 amide bonds. The first-order valence-corrected chi connectivity index (χ1v) is 11.1. The molecule has 0 aliphatic rings. The second-order valence-electron chi connectivity index (χ2n) is 8.25. The van der Waals surface area contributed by atoms with E-state index in [1.54, 1.807) is 18.2 Å². The lowest BCUT2D eigenvalue weighted by Crippen LogP contribution is -2.41. The summed E-state index contributed by atoms with van der Waals surface area (Å²) < 4.78 is 0. The predicted molar refractivity (Wildman–Crippen MR) is 132 cm³/mol. The Labute approximate surface area is 201 Å². The number of tetrazole rings is 1. The van der Waals surface area contributed by atoms with Crippen LogP contribution >= 0.6 is 0 Å². The number of nitrogens with one attached hydrogen (secondary N) is 3. The molecule has 2 aromatic heterocycles. The number of aryl methyl sites for hydroxylation is 2. The van der Waals surface area contributed by atoms with E-state index in [1.165, 1.54) is 4.80 Å². The monoisotopic (exact) mass is 465 g/mol. The van der Waals surface area contributed by atoms with Crippen molar-refractivity contribution >= 4 is 22.7 Å². The van der Waals surface area contributed by atoms with Crippen LogP contribution in [0.3, 0.4) is 0 Å². The van der Waals surface area contributed by atoms with Gasteiger partial charge in [-0.15, -0.1) is 10.2 Å². The number of nitrogens with zero attached hydrogens (tertiary/aromatic N) is 4. The van der Waals surface area contributed by atoms with E-state index in [0.29, 0.717) is 23.5 Å². The number of rotatable bonds is 5. The summed E-state index contributed by atoms with van der Waals surface area (Å²) in [5.74, 6) is -0.246. The molecule has 0 spiro atoms. The summed E-state index contributed by atoms with van der Waals surface area (Å²) in [6.45, 7) is 4.41. The summed E-state index contributed by atoms with van der Waals surface area (Å²) >= 11 is 0. The van der Waals surface area contributed by atoms with Crippen molar-refractivity contribution in [3.05, 3.63) is 101 Å². The number of benzene rings is 3. The number of carbonyl (C=O) groups is 2. The fourth-order valence-corrected chi connectivity index (χ4v) is 3.80. The number of hydrogen-bond donors (Lipinski definition) is 3. The average Bonchev–Trinajstić information content (AvgIpc) is 3.47. The Morgan fingerprint density at radius 1 is 0.886 bits per heavy atom. The van der Waals surface area contributed by atoms with Crippen molar-refractivity contribution < 1.29 is 9.59 Å². The van der Waals surface area contributed by atoms with Crippen LogP contribution in [-0.4, -0.2) is 37.0 Å². The fraction of sp³-hybridized carbons (Fsp3) is 0.115. The lowest BCUT2D eigenvalue weighted by atomic mass is 10.1. The van der Waals surface area contributed by atoms with Gasteiger partial charge in [0.15, 0.2) is 0 Å². The standard InChI is InChI=1S/C26H23N7O2/c1-16-17(2)27-23-13-12-21(14-22(16)23)26(35)30-29-25(34)20-10-8-18(9-11-20)15-33-31-24(28-32-33)19-6-4-3-5-7-19/h3-14,27H,15H2,1-2H3,(H,29,34)(H,30,35). The van der Waals surface area contributed by atoms with Crippen LogP contribution in [0.4, 0.5) is 0 Å². The van der Waals surface area contributed by atoms with Gasteiger partial charge in [0.2, 0.25) is 5.82 Å². The van der Waals surface area contributed by atoms with E-state index in [9.17, 15) is 9.59 Å². The minimum Gasteiger partial charge on any atom is -0.358 e. The van der Waals surface area contributed by atoms with E-state index in [2.05, 4.69) is 31.2 Å². The van der Waals surface area contributed by atoms with Gasteiger partial charge >= 0.3 is 0 Å². The molecule has 2 heterocycles. The highest BCUT2D eigenvalue weighted by atomic mass is 16.2. The molecule has 9 nitrogen and oxygen atoms in total. The van der Waals surface area contributed by atoms with Crippen LogP contribution < -0.4 is 10.9 Å². The molecular weight excluding hydrogens is 442 g/mol. The lowest BCUT2D eigenvalue weighted by molar-refractivity contribution is 0.0847. The topological polar surface area (TPSA) is 118 Å². The highest BCUT2D eigenvalue weighted by Crippen LogP contribution is 2.22. The molecule has 3 aromatic carbocycles. The minimum absolute atomic E-state index is 0.387. The van der Waals surface area contributed by atoms with Crippen LogP contribution in [0.25, 0.3) is 22.3 Å². The number of hydrogen-bond acceptors (Lipinski definition) is 5. The normalized spacial score (nSPS) is 10.9. The van der Waals surface area contributed by atoms with Crippen LogP contribution in [0.1, 0.15) is 37.5 Å². The van der Waals surface area contributed by atoms with E-state index in [-0.39, 0.29) is 5.91 Å². The second kappa shape index (κ2) is 9.22. The highest BCUT2D eigenvalue weighted by molar-refractivity contribution is 6.01. The van der Waals surface area contributed by atoms with Gasteiger partial charge < -0.3 is 4.98 Å². The first kappa shape index (κ1) is 22.0. The van der Waals surface area contributed by atoms with Gasteiger partial charge in [-0.05, 0) is 60.5 Å². The van der Waals surface area contributed by atoms with E-state index in [4.69, 9.17) is 0 Å². The van der Waals surface area contributed by atoms with Crippen LogP contribution in [0, 0.1) is 13.8 Å². The first-order valence-electron chi connectivity index (χ1n) is 11.1.